The minimum absolute atomic E-state index is 0.00445. The second-order valence-electron chi connectivity index (χ2n) is 12.0. The molecule has 2 saturated carbocycles. The maximum Gasteiger partial charge on any atom is 0.310 e. The number of thiol groups is 1. The first kappa shape index (κ1) is 28.4. The molecule has 2 aliphatic carbocycles. The maximum atomic E-state index is 12.7. The van der Waals surface area contributed by atoms with Gasteiger partial charge in [-0.3, -0.25) is 4.79 Å². The normalized spacial score (nSPS) is 22.0. The number of carbonyl (C=O) groups is 1. The molecule has 4 nitrogen and oxygen atoms in total. The first-order valence-corrected chi connectivity index (χ1v) is 15.7. The van der Waals surface area contributed by atoms with Crippen LogP contribution in [0.2, 0.25) is 0 Å². The lowest BCUT2D eigenvalue weighted by Gasteiger charge is -2.35. The van der Waals surface area contributed by atoms with Gasteiger partial charge in [0.15, 0.2) is 9.79 Å². The first-order chi connectivity index (χ1) is 17.8. The molecule has 5 rings (SSSR count). The van der Waals surface area contributed by atoms with E-state index in [0.29, 0.717) is 24.5 Å². The SMILES string of the molecule is CC(C)(C)c1ccc(OS(=O)(=O)CC23CCC(CC2=O)C3(C)C)cc1.c1ccc([SH+]c2ccccc2)cc1. The van der Waals surface area contributed by atoms with E-state index in [9.17, 15) is 13.2 Å². The zero-order valence-corrected chi connectivity index (χ0v) is 24.7. The van der Waals surface area contributed by atoms with Crippen molar-refractivity contribution in [2.45, 2.75) is 69.1 Å². The molecule has 0 radical (unpaired) electrons. The highest BCUT2D eigenvalue weighted by molar-refractivity contribution is 7.87. The summed E-state index contributed by atoms with van der Waals surface area (Å²) in [6.45, 7) is 10.4. The summed E-state index contributed by atoms with van der Waals surface area (Å²) in [4.78, 5) is 15.2. The molecule has 2 fully saturated rings. The molecule has 2 unspecified atom stereocenters. The van der Waals surface area contributed by atoms with Crippen LogP contribution in [0.15, 0.2) is 94.7 Å². The summed E-state index contributed by atoms with van der Waals surface area (Å²) < 4.78 is 30.7. The molecule has 2 atom stereocenters. The molecule has 0 N–H and O–H groups in total. The van der Waals surface area contributed by atoms with Crippen molar-refractivity contribution in [1.82, 2.24) is 0 Å². The summed E-state index contributed by atoms with van der Waals surface area (Å²) in [7, 11) is -3.84. The molecule has 0 amide bonds. The molecule has 2 bridgehead atoms. The van der Waals surface area contributed by atoms with E-state index in [0.717, 1.165) is 12.0 Å². The van der Waals surface area contributed by atoms with Crippen LogP contribution in [0.25, 0.3) is 0 Å². The van der Waals surface area contributed by atoms with Gasteiger partial charge in [0.2, 0.25) is 0 Å². The van der Waals surface area contributed by atoms with Crippen molar-refractivity contribution in [1.29, 1.82) is 0 Å². The number of benzene rings is 3. The monoisotopic (exact) mass is 551 g/mol. The van der Waals surface area contributed by atoms with Crippen molar-refractivity contribution < 1.29 is 17.4 Å². The Balaban J connectivity index is 0.000000216. The topological polar surface area (TPSA) is 60.4 Å². The maximum absolute atomic E-state index is 12.7. The first-order valence-electron chi connectivity index (χ1n) is 13.2. The largest absolute Gasteiger partial charge is 0.382 e. The summed E-state index contributed by atoms with van der Waals surface area (Å²) in [5, 5.41) is 0. The van der Waals surface area contributed by atoms with E-state index >= 15 is 0 Å². The molecule has 0 saturated heterocycles. The Morgan fingerprint density at radius 3 is 1.82 bits per heavy atom. The average Bonchev–Trinajstić information content (AvgIpc) is 3.19. The standard InChI is InChI=1S/C20H28O4S.C12H10S/c1-18(2,3)14-6-8-16(9-7-14)24-25(22,23)13-20-11-10-15(12-17(20)21)19(20,4)5;1-3-7-11(8-4-1)13-12-9-5-2-6-10-12/h6-9,15H,10-13H2,1-5H3;1-10H/p+1. The van der Waals surface area contributed by atoms with E-state index in [2.05, 4.69) is 69.3 Å². The van der Waals surface area contributed by atoms with Crippen molar-refractivity contribution in [2.75, 3.05) is 5.75 Å². The van der Waals surface area contributed by atoms with Crippen LogP contribution in [-0.4, -0.2) is 20.0 Å². The predicted octanol–water partition coefficient (Wildman–Crippen LogP) is 7.01. The second kappa shape index (κ2) is 10.9. The number of hydrogen-bond acceptors (Lipinski definition) is 4. The Morgan fingerprint density at radius 2 is 1.39 bits per heavy atom. The third-order valence-electron chi connectivity index (χ3n) is 8.28. The van der Waals surface area contributed by atoms with Crippen LogP contribution < -0.4 is 4.18 Å². The van der Waals surface area contributed by atoms with Crippen molar-refractivity contribution in [2.24, 2.45) is 16.7 Å². The molecule has 3 aromatic carbocycles. The van der Waals surface area contributed by atoms with Crippen molar-refractivity contribution >= 4 is 27.7 Å². The van der Waals surface area contributed by atoms with E-state index in [4.69, 9.17) is 4.18 Å². The minimum Gasteiger partial charge on any atom is -0.382 e. The zero-order chi connectivity index (χ0) is 27.6. The van der Waals surface area contributed by atoms with Crippen LogP contribution in [0.4, 0.5) is 0 Å². The lowest BCUT2D eigenvalue weighted by Crippen LogP contribution is -2.43. The lowest BCUT2D eigenvalue weighted by atomic mass is 9.70. The van der Waals surface area contributed by atoms with Gasteiger partial charge < -0.3 is 4.18 Å². The molecular weight excluding hydrogens is 512 g/mol. The van der Waals surface area contributed by atoms with Crippen LogP contribution >= 0.6 is 0 Å². The van der Waals surface area contributed by atoms with Crippen LogP contribution in [-0.2, 0) is 32.1 Å². The van der Waals surface area contributed by atoms with E-state index in [-0.39, 0.29) is 22.4 Å². The Labute approximate surface area is 232 Å². The number of hydrogen-bond donors (Lipinski definition) is 0. The van der Waals surface area contributed by atoms with Crippen molar-refractivity contribution in [3.05, 3.63) is 90.5 Å². The van der Waals surface area contributed by atoms with Crippen molar-refractivity contribution in [3.63, 3.8) is 0 Å². The van der Waals surface area contributed by atoms with Gasteiger partial charge in [0.25, 0.3) is 0 Å². The van der Waals surface area contributed by atoms with Crippen LogP contribution in [0.5, 0.6) is 5.75 Å². The van der Waals surface area contributed by atoms with Gasteiger partial charge in [-0.05, 0) is 71.6 Å². The zero-order valence-electron chi connectivity index (χ0n) is 23.0. The summed E-state index contributed by atoms with van der Waals surface area (Å²) in [5.41, 5.74) is 0.0372. The van der Waals surface area contributed by atoms with E-state index < -0.39 is 15.5 Å². The number of rotatable bonds is 6. The highest BCUT2D eigenvalue weighted by atomic mass is 32.2. The quantitative estimate of drug-likeness (QED) is 0.188. The lowest BCUT2D eigenvalue weighted by molar-refractivity contribution is -0.128. The van der Waals surface area contributed by atoms with Gasteiger partial charge in [0.1, 0.15) is 11.5 Å². The fraction of sp³-hybridized carbons (Fsp3) is 0.406. The van der Waals surface area contributed by atoms with Gasteiger partial charge in [-0.1, -0.05) is 83.1 Å². The van der Waals surface area contributed by atoms with E-state index in [1.165, 1.54) is 21.6 Å². The second-order valence-corrected chi connectivity index (χ2v) is 14.8. The number of ketones is 1. The Kier molecular flexibility index (Phi) is 8.15. The van der Waals surface area contributed by atoms with Gasteiger partial charge in [-0.2, -0.15) is 8.42 Å². The number of fused-ring (bicyclic) bond motifs is 2. The average molecular weight is 552 g/mol. The Bertz CT molecular complexity index is 1300. The van der Waals surface area contributed by atoms with Gasteiger partial charge >= 0.3 is 10.1 Å². The van der Waals surface area contributed by atoms with Crippen LogP contribution in [0.3, 0.4) is 0 Å². The van der Waals surface area contributed by atoms with E-state index in [1.807, 2.05) is 38.1 Å². The molecular formula is C32H39O4S2+. The third kappa shape index (κ3) is 6.18. The molecule has 0 heterocycles. The van der Waals surface area contributed by atoms with E-state index in [1.54, 1.807) is 12.1 Å². The highest BCUT2D eigenvalue weighted by Gasteiger charge is 2.65. The van der Waals surface area contributed by atoms with Crippen molar-refractivity contribution in [3.8, 4) is 5.75 Å². The van der Waals surface area contributed by atoms with Gasteiger partial charge in [-0.15, -0.1) is 0 Å². The Hall–Kier alpha value is -2.57. The molecule has 0 aromatic heterocycles. The predicted molar refractivity (Wildman–Crippen MR) is 156 cm³/mol. The summed E-state index contributed by atoms with van der Waals surface area (Å²) in [6, 6.07) is 28.1. The minimum atomic E-state index is -3.84. The van der Waals surface area contributed by atoms with Crippen LogP contribution in [0, 0.1) is 16.7 Å². The molecule has 0 spiro atoms. The number of Topliss-reactive ketones (excluding diaryl/α,β-unsaturated/α-hetero) is 1. The highest BCUT2D eigenvalue weighted by Crippen LogP contribution is 2.64. The summed E-state index contributed by atoms with van der Waals surface area (Å²) in [5.74, 6) is 0.469. The summed E-state index contributed by atoms with van der Waals surface area (Å²) >= 11 is 1.28. The molecule has 3 aromatic rings. The molecule has 38 heavy (non-hydrogen) atoms. The Morgan fingerprint density at radius 1 is 0.868 bits per heavy atom. The van der Waals surface area contributed by atoms with Crippen LogP contribution in [0.1, 0.15) is 59.4 Å². The van der Waals surface area contributed by atoms with Gasteiger partial charge in [0.05, 0.1) is 11.2 Å². The molecule has 6 heteroatoms. The molecule has 202 valence electrons. The molecule has 2 aliphatic rings. The van der Waals surface area contributed by atoms with Gasteiger partial charge in [0, 0.05) is 18.2 Å². The van der Waals surface area contributed by atoms with Gasteiger partial charge in [-0.25, -0.2) is 0 Å². The molecule has 0 aliphatic heterocycles. The summed E-state index contributed by atoms with van der Waals surface area (Å²) in [6.07, 6.45) is 2.08. The smallest absolute Gasteiger partial charge is 0.310 e. The third-order valence-corrected chi connectivity index (χ3v) is 10.7. The fourth-order valence-electron chi connectivity index (χ4n) is 5.75. The fourth-order valence-corrected chi connectivity index (χ4v) is 8.44. The number of carbonyl (C=O) groups excluding carboxylic acids is 1.